The van der Waals surface area contributed by atoms with Crippen LogP contribution in [0.5, 0.6) is 0 Å². The maximum absolute atomic E-state index is 6.31. The summed E-state index contributed by atoms with van der Waals surface area (Å²) in [4.78, 5) is 2.63. The topological polar surface area (TPSA) is 29.3 Å². The predicted molar refractivity (Wildman–Crippen MR) is 80.0 cm³/mol. The molecule has 3 rings (SSSR count). The first-order valence-electron chi connectivity index (χ1n) is 7.68. The molecule has 19 heavy (non-hydrogen) atoms. The van der Waals surface area contributed by atoms with Crippen LogP contribution >= 0.6 is 0 Å². The number of nitrogens with two attached hydrogens (primary N) is 1. The van der Waals surface area contributed by atoms with Gasteiger partial charge in [0.1, 0.15) is 0 Å². The largest absolute Gasteiger partial charge is 0.327 e. The van der Waals surface area contributed by atoms with Crippen LogP contribution in [-0.2, 0) is 6.54 Å². The molecule has 1 aliphatic heterocycles. The first-order valence-corrected chi connectivity index (χ1v) is 7.68. The van der Waals surface area contributed by atoms with Crippen molar-refractivity contribution in [1.29, 1.82) is 0 Å². The molecule has 3 unspecified atom stereocenters. The molecule has 1 aliphatic carbocycles. The van der Waals surface area contributed by atoms with E-state index < -0.39 is 0 Å². The van der Waals surface area contributed by atoms with E-state index in [-0.39, 0.29) is 0 Å². The summed E-state index contributed by atoms with van der Waals surface area (Å²) in [5.74, 6) is 1.60. The fourth-order valence-corrected chi connectivity index (χ4v) is 4.06. The summed E-state index contributed by atoms with van der Waals surface area (Å²) in [6, 6.07) is 7.07. The Morgan fingerprint density at radius 3 is 2.58 bits per heavy atom. The molecular weight excluding hydrogens is 232 g/mol. The Bertz CT molecular complexity index is 434. The smallest absolute Gasteiger partial charge is 0.0239 e. The van der Waals surface area contributed by atoms with Gasteiger partial charge in [-0.1, -0.05) is 24.6 Å². The van der Waals surface area contributed by atoms with Gasteiger partial charge < -0.3 is 5.73 Å². The Morgan fingerprint density at radius 2 is 1.89 bits per heavy atom. The maximum atomic E-state index is 6.31. The van der Waals surface area contributed by atoms with Gasteiger partial charge in [0.05, 0.1) is 0 Å². The molecule has 2 heteroatoms. The molecule has 1 aromatic carbocycles. The highest BCUT2D eigenvalue weighted by Crippen LogP contribution is 2.36. The first kappa shape index (κ1) is 13.1. The molecule has 0 aromatic heterocycles. The third-order valence-electron chi connectivity index (χ3n) is 5.26. The molecule has 3 atom stereocenters. The Labute approximate surface area is 117 Å². The fourth-order valence-electron chi connectivity index (χ4n) is 4.06. The number of likely N-dealkylation sites (tertiary alicyclic amines) is 1. The van der Waals surface area contributed by atoms with Crippen molar-refractivity contribution < 1.29 is 0 Å². The standard InChI is InChI=1S/C17H26N2/c1-12-5-3-6-13(2)15(12)10-19-9-14-7-4-8-17(18)16(14)11-19/h3,5-6,14,16-17H,4,7-11,18H2,1-2H3. The molecule has 0 amide bonds. The Hall–Kier alpha value is -0.860. The van der Waals surface area contributed by atoms with Gasteiger partial charge in [-0.3, -0.25) is 4.90 Å². The maximum Gasteiger partial charge on any atom is 0.0239 e. The van der Waals surface area contributed by atoms with Gasteiger partial charge in [0.15, 0.2) is 0 Å². The third-order valence-corrected chi connectivity index (χ3v) is 5.26. The molecule has 1 heterocycles. The molecule has 0 spiro atoms. The summed E-state index contributed by atoms with van der Waals surface area (Å²) in [6.07, 6.45) is 3.96. The van der Waals surface area contributed by atoms with E-state index >= 15 is 0 Å². The van der Waals surface area contributed by atoms with Gasteiger partial charge in [0.25, 0.3) is 0 Å². The summed E-state index contributed by atoms with van der Waals surface area (Å²) in [5, 5.41) is 0. The Kier molecular flexibility index (Phi) is 3.64. The molecule has 1 saturated carbocycles. The molecule has 2 fully saturated rings. The second kappa shape index (κ2) is 5.26. The van der Waals surface area contributed by atoms with Gasteiger partial charge in [0, 0.05) is 25.7 Å². The Balaban J connectivity index is 1.72. The van der Waals surface area contributed by atoms with E-state index in [0.717, 1.165) is 18.4 Å². The minimum atomic E-state index is 0.446. The van der Waals surface area contributed by atoms with Crippen LogP contribution in [0.25, 0.3) is 0 Å². The zero-order valence-electron chi connectivity index (χ0n) is 12.2. The van der Waals surface area contributed by atoms with Crippen LogP contribution in [0.4, 0.5) is 0 Å². The zero-order chi connectivity index (χ0) is 13.4. The molecule has 0 radical (unpaired) electrons. The van der Waals surface area contributed by atoms with E-state index in [4.69, 9.17) is 5.73 Å². The number of nitrogens with zero attached hydrogens (tertiary/aromatic N) is 1. The minimum absolute atomic E-state index is 0.446. The highest BCUT2D eigenvalue weighted by atomic mass is 15.2. The minimum Gasteiger partial charge on any atom is -0.327 e. The molecule has 2 nitrogen and oxygen atoms in total. The van der Waals surface area contributed by atoms with E-state index in [9.17, 15) is 0 Å². The lowest BCUT2D eigenvalue weighted by Crippen LogP contribution is -2.38. The van der Waals surface area contributed by atoms with Crippen molar-refractivity contribution in [3.05, 3.63) is 34.9 Å². The predicted octanol–water partition coefficient (Wildman–Crippen LogP) is 2.86. The van der Waals surface area contributed by atoms with E-state index in [2.05, 4.69) is 36.9 Å². The second-order valence-corrected chi connectivity index (χ2v) is 6.58. The SMILES string of the molecule is Cc1cccc(C)c1CN1CC2CCCC(N)C2C1. The van der Waals surface area contributed by atoms with Crippen molar-refractivity contribution in [2.24, 2.45) is 17.6 Å². The molecule has 1 aromatic rings. The van der Waals surface area contributed by atoms with Crippen molar-refractivity contribution in [3.8, 4) is 0 Å². The van der Waals surface area contributed by atoms with Gasteiger partial charge >= 0.3 is 0 Å². The van der Waals surface area contributed by atoms with Crippen LogP contribution in [0.15, 0.2) is 18.2 Å². The van der Waals surface area contributed by atoms with Crippen molar-refractivity contribution in [2.45, 2.75) is 45.7 Å². The third kappa shape index (κ3) is 2.56. The average molecular weight is 258 g/mol. The van der Waals surface area contributed by atoms with Gasteiger partial charge in [-0.05, 0) is 55.2 Å². The fraction of sp³-hybridized carbons (Fsp3) is 0.647. The van der Waals surface area contributed by atoms with E-state index in [1.54, 1.807) is 0 Å². The molecule has 104 valence electrons. The average Bonchev–Trinajstić information content (AvgIpc) is 2.78. The van der Waals surface area contributed by atoms with E-state index in [0.29, 0.717) is 6.04 Å². The summed E-state index contributed by atoms with van der Waals surface area (Å²) in [5.41, 5.74) is 10.7. The van der Waals surface area contributed by atoms with Crippen molar-refractivity contribution in [1.82, 2.24) is 4.90 Å². The lowest BCUT2D eigenvalue weighted by molar-refractivity contribution is 0.259. The number of aryl methyl sites for hydroxylation is 2. The van der Waals surface area contributed by atoms with Gasteiger partial charge in [-0.25, -0.2) is 0 Å². The van der Waals surface area contributed by atoms with Crippen LogP contribution in [0.3, 0.4) is 0 Å². The van der Waals surface area contributed by atoms with Gasteiger partial charge in [-0.2, -0.15) is 0 Å². The molecule has 1 saturated heterocycles. The van der Waals surface area contributed by atoms with Crippen LogP contribution in [0.1, 0.15) is 36.0 Å². The number of benzene rings is 1. The Morgan fingerprint density at radius 1 is 1.16 bits per heavy atom. The zero-order valence-corrected chi connectivity index (χ0v) is 12.2. The number of rotatable bonds is 2. The van der Waals surface area contributed by atoms with Crippen molar-refractivity contribution in [3.63, 3.8) is 0 Å². The van der Waals surface area contributed by atoms with E-state index in [1.807, 2.05) is 0 Å². The number of hydrogen-bond donors (Lipinski definition) is 1. The molecular formula is C17H26N2. The van der Waals surface area contributed by atoms with Crippen molar-refractivity contribution >= 4 is 0 Å². The second-order valence-electron chi connectivity index (χ2n) is 6.58. The van der Waals surface area contributed by atoms with Crippen LogP contribution in [0.2, 0.25) is 0 Å². The summed E-state index contributed by atoms with van der Waals surface area (Å²) in [7, 11) is 0. The van der Waals surface area contributed by atoms with Crippen LogP contribution in [-0.4, -0.2) is 24.0 Å². The van der Waals surface area contributed by atoms with Gasteiger partial charge in [0.2, 0.25) is 0 Å². The van der Waals surface area contributed by atoms with E-state index in [1.165, 1.54) is 49.0 Å². The number of hydrogen-bond acceptors (Lipinski definition) is 2. The highest BCUT2D eigenvalue weighted by molar-refractivity contribution is 5.33. The highest BCUT2D eigenvalue weighted by Gasteiger charge is 2.38. The lowest BCUT2D eigenvalue weighted by Gasteiger charge is -2.29. The van der Waals surface area contributed by atoms with Crippen LogP contribution in [0, 0.1) is 25.7 Å². The summed E-state index contributed by atoms with van der Waals surface area (Å²) < 4.78 is 0. The van der Waals surface area contributed by atoms with Crippen LogP contribution < -0.4 is 5.73 Å². The monoisotopic (exact) mass is 258 g/mol. The molecule has 2 aliphatic rings. The first-order chi connectivity index (χ1) is 9.15. The summed E-state index contributed by atoms with van der Waals surface area (Å²) >= 11 is 0. The van der Waals surface area contributed by atoms with Gasteiger partial charge in [-0.15, -0.1) is 0 Å². The lowest BCUT2D eigenvalue weighted by atomic mass is 9.78. The van der Waals surface area contributed by atoms with Crippen molar-refractivity contribution in [2.75, 3.05) is 13.1 Å². The summed E-state index contributed by atoms with van der Waals surface area (Å²) in [6.45, 7) is 8.04. The number of fused-ring (bicyclic) bond motifs is 1. The normalized spacial score (nSPS) is 31.4. The quantitative estimate of drug-likeness (QED) is 0.884. The molecule has 0 bridgehead atoms. The molecule has 2 N–H and O–H groups in total.